The molecule has 0 aromatic heterocycles. The van der Waals surface area contributed by atoms with Crippen LogP contribution in [0.4, 0.5) is 0 Å². The number of carbonyl (C=O) groups excluding carboxylic acids is 1. The fourth-order valence-corrected chi connectivity index (χ4v) is 2.02. The van der Waals surface area contributed by atoms with Gasteiger partial charge in [-0.3, -0.25) is 4.79 Å². The summed E-state index contributed by atoms with van der Waals surface area (Å²) in [5.74, 6) is -0.0246. The second kappa shape index (κ2) is 5.64. The summed E-state index contributed by atoms with van der Waals surface area (Å²) in [5, 5.41) is 12.7. The third-order valence-electron chi connectivity index (χ3n) is 3.83. The van der Waals surface area contributed by atoms with Crippen LogP contribution in [-0.2, 0) is 4.79 Å². The van der Waals surface area contributed by atoms with Crippen LogP contribution in [0.25, 0.3) is 0 Å². The number of nitrogens with two attached hydrogens (primary N) is 1. The van der Waals surface area contributed by atoms with Crippen LogP contribution < -0.4 is 11.1 Å². The molecule has 0 aromatic carbocycles. The lowest BCUT2D eigenvalue weighted by Gasteiger charge is -2.33. The molecule has 1 fully saturated rings. The third-order valence-corrected chi connectivity index (χ3v) is 3.83. The Morgan fingerprint density at radius 2 is 2.12 bits per heavy atom. The highest BCUT2D eigenvalue weighted by Crippen LogP contribution is 2.23. The van der Waals surface area contributed by atoms with Crippen molar-refractivity contribution in [2.75, 3.05) is 6.54 Å². The molecule has 3 atom stereocenters. The Labute approximate surface area is 97.6 Å². The number of rotatable bonds is 4. The van der Waals surface area contributed by atoms with Gasteiger partial charge in [-0.2, -0.15) is 0 Å². The summed E-state index contributed by atoms with van der Waals surface area (Å²) in [5.41, 5.74) is 5.13. The van der Waals surface area contributed by atoms with Crippen LogP contribution in [0.5, 0.6) is 0 Å². The molecular formula is C12H24N2O2. The maximum Gasteiger partial charge on any atom is 0.227 e. The number of amides is 1. The number of hydrogen-bond acceptors (Lipinski definition) is 3. The zero-order valence-electron chi connectivity index (χ0n) is 10.3. The summed E-state index contributed by atoms with van der Waals surface area (Å²) in [6.45, 7) is 4.18. The zero-order valence-corrected chi connectivity index (χ0v) is 10.3. The van der Waals surface area contributed by atoms with Crippen molar-refractivity contribution in [1.29, 1.82) is 0 Å². The molecule has 1 aliphatic carbocycles. The number of nitrogens with one attached hydrogen (secondary N) is 1. The zero-order chi connectivity index (χ0) is 12.2. The van der Waals surface area contributed by atoms with Gasteiger partial charge < -0.3 is 16.2 Å². The van der Waals surface area contributed by atoms with E-state index in [0.717, 1.165) is 32.1 Å². The van der Waals surface area contributed by atoms with Crippen LogP contribution in [0.1, 0.15) is 46.0 Å². The van der Waals surface area contributed by atoms with Crippen molar-refractivity contribution in [1.82, 2.24) is 5.32 Å². The molecule has 0 bridgehead atoms. The van der Waals surface area contributed by atoms with Crippen molar-refractivity contribution >= 4 is 5.91 Å². The maximum absolute atomic E-state index is 12.0. The lowest BCUT2D eigenvalue weighted by molar-refractivity contribution is -0.131. The van der Waals surface area contributed by atoms with Gasteiger partial charge in [0.05, 0.1) is 17.6 Å². The molecule has 0 spiro atoms. The van der Waals surface area contributed by atoms with Gasteiger partial charge in [0.15, 0.2) is 0 Å². The largest absolute Gasteiger partial charge is 0.391 e. The first kappa shape index (κ1) is 13.5. The number of aliphatic hydroxyl groups is 1. The van der Waals surface area contributed by atoms with E-state index in [1.54, 1.807) is 0 Å². The molecule has 94 valence electrons. The van der Waals surface area contributed by atoms with E-state index in [-0.39, 0.29) is 11.9 Å². The van der Waals surface area contributed by atoms with E-state index in [1.807, 2.05) is 13.8 Å². The first-order valence-corrected chi connectivity index (χ1v) is 6.22. The van der Waals surface area contributed by atoms with Gasteiger partial charge in [0.25, 0.3) is 0 Å². The maximum atomic E-state index is 12.0. The number of aliphatic hydroxyl groups excluding tert-OH is 1. The van der Waals surface area contributed by atoms with Gasteiger partial charge in [-0.15, -0.1) is 0 Å². The van der Waals surface area contributed by atoms with Crippen LogP contribution in [0.3, 0.4) is 0 Å². The number of carbonyl (C=O) groups is 1. The predicted molar refractivity (Wildman–Crippen MR) is 63.9 cm³/mol. The summed E-state index contributed by atoms with van der Waals surface area (Å²) >= 11 is 0. The molecule has 0 saturated heterocycles. The van der Waals surface area contributed by atoms with Crippen molar-refractivity contribution < 1.29 is 9.90 Å². The van der Waals surface area contributed by atoms with Crippen LogP contribution >= 0.6 is 0 Å². The Morgan fingerprint density at radius 1 is 1.50 bits per heavy atom. The summed E-state index contributed by atoms with van der Waals surface area (Å²) in [4.78, 5) is 12.0. The van der Waals surface area contributed by atoms with Crippen molar-refractivity contribution in [3.63, 3.8) is 0 Å². The second-order valence-electron chi connectivity index (χ2n) is 5.05. The first-order valence-electron chi connectivity index (χ1n) is 6.22. The highest BCUT2D eigenvalue weighted by atomic mass is 16.3. The molecule has 4 heteroatoms. The van der Waals surface area contributed by atoms with E-state index in [4.69, 9.17) is 5.73 Å². The fraction of sp³-hybridized carbons (Fsp3) is 0.917. The van der Waals surface area contributed by atoms with Gasteiger partial charge in [-0.05, 0) is 26.2 Å². The molecule has 0 heterocycles. The highest BCUT2D eigenvalue weighted by molar-refractivity contribution is 5.82. The van der Waals surface area contributed by atoms with E-state index in [9.17, 15) is 9.90 Å². The Morgan fingerprint density at radius 3 is 2.62 bits per heavy atom. The van der Waals surface area contributed by atoms with Gasteiger partial charge in [0.2, 0.25) is 5.91 Å². The minimum Gasteiger partial charge on any atom is -0.391 e. The molecule has 0 radical (unpaired) electrons. The van der Waals surface area contributed by atoms with E-state index in [0.29, 0.717) is 6.54 Å². The van der Waals surface area contributed by atoms with Gasteiger partial charge in [0, 0.05) is 6.54 Å². The van der Waals surface area contributed by atoms with Crippen molar-refractivity contribution in [2.24, 2.45) is 11.1 Å². The average molecular weight is 228 g/mol. The topological polar surface area (TPSA) is 75.4 Å². The quantitative estimate of drug-likeness (QED) is 0.665. The van der Waals surface area contributed by atoms with Crippen molar-refractivity contribution in [3.05, 3.63) is 0 Å². The van der Waals surface area contributed by atoms with Gasteiger partial charge in [-0.25, -0.2) is 0 Å². The van der Waals surface area contributed by atoms with Crippen LogP contribution in [0.15, 0.2) is 0 Å². The molecular weight excluding hydrogens is 204 g/mol. The second-order valence-corrected chi connectivity index (χ2v) is 5.05. The summed E-state index contributed by atoms with van der Waals surface area (Å²) < 4.78 is 0. The van der Waals surface area contributed by atoms with Gasteiger partial charge in [0.1, 0.15) is 0 Å². The average Bonchev–Trinajstić information content (AvgIpc) is 2.31. The molecule has 1 amide bonds. The minimum atomic E-state index is -0.503. The number of hydrogen-bond donors (Lipinski definition) is 3. The summed E-state index contributed by atoms with van der Waals surface area (Å²) in [7, 11) is 0. The van der Waals surface area contributed by atoms with E-state index < -0.39 is 11.5 Å². The van der Waals surface area contributed by atoms with E-state index in [2.05, 4.69) is 5.32 Å². The summed E-state index contributed by atoms with van der Waals surface area (Å²) in [6.07, 6.45) is 4.12. The molecule has 4 N–H and O–H groups in total. The molecule has 1 aliphatic rings. The van der Waals surface area contributed by atoms with Crippen molar-refractivity contribution in [2.45, 2.75) is 58.1 Å². The first-order chi connectivity index (χ1) is 7.53. The molecule has 4 nitrogen and oxygen atoms in total. The molecule has 1 unspecified atom stereocenters. The van der Waals surface area contributed by atoms with Crippen LogP contribution in [0, 0.1) is 5.41 Å². The molecule has 1 saturated carbocycles. The SMILES string of the molecule is CCC(C)(CN)C(=O)N[C@H]1CCCC[C@@H]1O. The van der Waals surface area contributed by atoms with E-state index >= 15 is 0 Å². The van der Waals surface area contributed by atoms with Gasteiger partial charge in [-0.1, -0.05) is 19.8 Å². The Hall–Kier alpha value is -0.610. The smallest absolute Gasteiger partial charge is 0.227 e. The highest BCUT2D eigenvalue weighted by Gasteiger charge is 2.33. The molecule has 1 rings (SSSR count). The van der Waals surface area contributed by atoms with Crippen LogP contribution in [0.2, 0.25) is 0 Å². The van der Waals surface area contributed by atoms with Gasteiger partial charge >= 0.3 is 0 Å². The Kier molecular flexibility index (Phi) is 4.74. The molecule has 16 heavy (non-hydrogen) atoms. The molecule has 0 aromatic rings. The Balaban J connectivity index is 2.55. The van der Waals surface area contributed by atoms with Crippen molar-refractivity contribution in [3.8, 4) is 0 Å². The lowest BCUT2D eigenvalue weighted by Crippen LogP contribution is -2.51. The normalized spacial score (nSPS) is 29.5. The lowest BCUT2D eigenvalue weighted by atomic mass is 9.85. The fourth-order valence-electron chi connectivity index (χ4n) is 2.02. The third kappa shape index (κ3) is 2.95. The van der Waals surface area contributed by atoms with E-state index in [1.165, 1.54) is 0 Å². The van der Waals surface area contributed by atoms with Crippen LogP contribution in [-0.4, -0.2) is 29.7 Å². The Bertz CT molecular complexity index is 239. The standard InChI is InChI=1S/C12H24N2O2/c1-3-12(2,8-13)11(16)14-9-6-4-5-7-10(9)15/h9-10,15H,3-8,13H2,1-2H3,(H,14,16)/t9-,10-,12?/m0/s1. The minimum absolute atomic E-state index is 0.0246. The monoisotopic (exact) mass is 228 g/mol. The molecule has 0 aliphatic heterocycles. The predicted octanol–water partition coefficient (Wildman–Crippen LogP) is 0.781. The summed E-state index contributed by atoms with van der Waals surface area (Å²) in [6, 6.07) is -0.0846.